The minimum atomic E-state index is -0.821. The fraction of sp³-hybridized carbons (Fsp3) is 0.211. The van der Waals surface area contributed by atoms with Crippen LogP contribution < -0.4 is 14.8 Å². The molecule has 7 heteroatoms. The Morgan fingerprint density at radius 2 is 1.88 bits per heavy atom. The summed E-state index contributed by atoms with van der Waals surface area (Å²) in [5.74, 6) is 0.138. The van der Waals surface area contributed by atoms with Gasteiger partial charge in [-0.1, -0.05) is 6.07 Å². The molecule has 0 saturated heterocycles. The van der Waals surface area contributed by atoms with Crippen molar-refractivity contribution in [2.45, 2.75) is 13.0 Å². The molecule has 1 unspecified atom stereocenters. The van der Waals surface area contributed by atoms with E-state index in [1.807, 2.05) is 6.07 Å². The molecule has 2 rings (SSSR count). The number of ether oxygens (including phenoxy) is 3. The summed E-state index contributed by atoms with van der Waals surface area (Å²) in [6.45, 7) is 1.29. The highest BCUT2D eigenvalue weighted by atomic mass is 16.5. The van der Waals surface area contributed by atoms with Crippen molar-refractivity contribution < 1.29 is 23.8 Å². The van der Waals surface area contributed by atoms with E-state index in [0.29, 0.717) is 22.7 Å². The predicted octanol–water partition coefficient (Wildman–Crippen LogP) is 2.78. The number of amides is 1. The lowest BCUT2D eigenvalue weighted by molar-refractivity contribution is -0.118. The van der Waals surface area contributed by atoms with Gasteiger partial charge in [0.1, 0.15) is 17.6 Å². The Hall–Kier alpha value is -3.53. The number of benzene rings is 2. The van der Waals surface area contributed by atoms with Gasteiger partial charge in [-0.15, -0.1) is 0 Å². The Balaban J connectivity index is 1.86. The number of nitriles is 1. The Labute approximate surface area is 151 Å². The Morgan fingerprint density at radius 3 is 2.54 bits per heavy atom. The fourth-order valence-corrected chi connectivity index (χ4v) is 1.99. The molecule has 0 aliphatic heterocycles. The summed E-state index contributed by atoms with van der Waals surface area (Å²) in [4.78, 5) is 23.7. The topological polar surface area (TPSA) is 97.7 Å². The third-order valence-electron chi connectivity index (χ3n) is 3.28. The summed E-state index contributed by atoms with van der Waals surface area (Å²) in [7, 11) is 1.55. The molecule has 0 radical (unpaired) electrons. The highest BCUT2D eigenvalue weighted by Crippen LogP contribution is 2.17. The molecular weight excluding hydrogens is 336 g/mol. The van der Waals surface area contributed by atoms with Gasteiger partial charge in [-0.25, -0.2) is 4.79 Å². The highest BCUT2D eigenvalue weighted by molar-refractivity contribution is 5.92. The van der Waals surface area contributed by atoms with Gasteiger partial charge in [0.25, 0.3) is 5.91 Å². The maximum atomic E-state index is 11.9. The summed E-state index contributed by atoms with van der Waals surface area (Å²) in [6, 6.07) is 14.9. The molecule has 1 N–H and O–H groups in total. The molecule has 26 heavy (non-hydrogen) atoms. The van der Waals surface area contributed by atoms with E-state index >= 15 is 0 Å². The molecule has 134 valence electrons. The zero-order valence-corrected chi connectivity index (χ0v) is 14.4. The lowest BCUT2D eigenvalue weighted by Gasteiger charge is -2.09. The second-order valence-corrected chi connectivity index (χ2v) is 5.27. The molecule has 1 amide bonds. The van der Waals surface area contributed by atoms with E-state index in [1.165, 1.54) is 19.1 Å². The standard InChI is InChI=1S/C19H18N2O5/c1-13(11-20)26-19(23)14-6-8-16(9-7-14)25-12-18(22)21-15-4-3-5-17(10-15)24-2/h3-10,13H,12H2,1-2H3,(H,21,22). The fourth-order valence-electron chi connectivity index (χ4n) is 1.99. The van der Waals surface area contributed by atoms with E-state index in [1.54, 1.807) is 43.5 Å². The van der Waals surface area contributed by atoms with Crippen LogP contribution in [0.4, 0.5) is 5.69 Å². The third kappa shape index (κ3) is 5.53. The summed E-state index contributed by atoms with van der Waals surface area (Å²) < 4.78 is 15.4. The molecule has 0 fully saturated rings. The van der Waals surface area contributed by atoms with Gasteiger partial charge in [0.2, 0.25) is 0 Å². The molecule has 2 aromatic rings. The molecule has 0 aromatic heterocycles. The van der Waals surface area contributed by atoms with Gasteiger partial charge in [-0.2, -0.15) is 5.26 Å². The van der Waals surface area contributed by atoms with E-state index < -0.39 is 12.1 Å². The van der Waals surface area contributed by atoms with E-state index in [9.17, 15) is 9.59 Å². The molecule has 0 saturated carbocycles. The number of rotatable bonds is 7. The molecular formula is C19H18N2O5. The summed E-state index contributed by atoms with van der Waals surface area (Å²) >= 11 is 0. The SMILES string of the molecule is COc1cccc(NC(=O)COc2ccc(C(=O)OC(C)C#N)cc2)c1. The summed E-state index contributed by atoms with van der Waals surface area (Å²) in [6.07, 6.45) is -0.821. The van der Waals surface area contributed by atoms with Gasteiger partial charge in [0.15, 0.2) is 12.7 Å². The zero-order chi connectivity index (χ0) is 18.9. The first-order valence-electron chi connectivity index (χ1n) is 7.79. The normalized spacial score (nSPS) is 11.0. The first-order valence-corrected chi connectivity index (χ1v) is 7.79. The monoisotopic (exact) mass is 354 g/mol. The molecule has 2 aromatic carbocycles. The van der Waals surface area contributed by atoms with Crippen LogP contribution in [0, 0.1) is 11.3 Å². The molecule has 0 heterocycles. The van der Waals surface area contributed by atoms with Gasteiger partial charge in [0.05, 0.1) is 12.7 Å². The number of esters is 1. The van der Waals surface area contributed by atoms with Crippen molar-refractivity contribution >= 4 is 17.6 Å². The van der Waals surface area contributed by atoms with Crippen molar-refractivity contribution in [3.63, 3.8) is 0 Å². The van der Waals surface area contributed by atoms with Crippen LogP contribution >= 0.6 is 0 Å². The molecule has 0 bridgehead atoms. The van der Waals surface area contributed by atoms with E-state index in [2.05, 4.69) is 5.32 Å². The number of hydrogen-bond acceptors (Lipinski definition) is 6. The molecule has 0 spiro atoms. The van der Waals surface area contributed by atoms with Gasteiger partial charge in [-0.3, -0.25) is 4.79 Å². The Morgan fingerprint density at radius 1 is 1.15 bits per heavy atom. The second kappa shape index (κ2) is 9.08. The number of methoxy groups -OCH3 is 1. The minimum absolute atomic E-state index is 0.188. The van der Waals surface area contributed by atoms with Crippen LogP contribution in [0.5, 0.6) is 11.5 Å². The van der Waals surface area contributed by atoms with E-state index in [-0.39, 0.29) is 12.5 Å². The summed E-state index contributed by atoms with van der Waals surface area (Å²) in [5, 5.41) is 11.3. The van der Waals surface area contributed by atoms with E-state index in [4.69, 9.17) is 19.5 Å². The van der Waals surface area contributed by atoms with Crippen LogP contribution in [-0.2, 0) is 9.53 Å². The minimum Gasteiger partial charge on any atom is -0.497 e. The van der Waals surface area contributed by atoms with Crippen molar-refractivity contribution in [1.29, 1.82) is 5.26 Å². The third-order valence-corrected chi connectivity index (χ3v) is 3.28. The summed E-state index contributed by atoms with van der Waals surface area (Å²) in [5.41, 5.74) is 0.892. The number of anilines is 1. The van der Waals surface area contributed by atoms with Crippen molar-refractivity contribution in [3.05, 3.63) is 54.1 Å². The smallest absolute Gasteiger partial charge is 0.339 e. The van der Waals surface area contributed by atoms with Crippen molar-refractivity contribution in [3.8, 4) is 17.6 Å². The van der Waals surface area contributed by atoms with Gasteiger partial charge < -0.3 is 19.5 Å². The van der Waals surface area contributed by atoms with Gasteiger partial charge in [0, 0.05) is 11.8 Å². The first kappa shape index (κ1) is 18.8. The van der Waals surface area contributed by atoms with Crippen LogP contribution in [-0.4, -0.2) is 31.7 Å². The van der Waals surface area contributed by atoms with Crippen LogP contribution in [0.2, 0.25) is 0 Å². The van der Waals surface area contributed by atoms with Gasteiger partial charge >= 0.3 is 5.97 Å². The lowest BCUT2D eigenvalue weighted by atomic mass is 10.2. The largest absolute Gasteiger partial charge is 0.497 e. The molecule has 1 atom stereocenters. The predicted molar refractivity (Wildman–Crippen MR) is 94.1 cm³/mol. The molecule has 0 aliphatic rings. The second-order valence-electron chi connectivity index (χ2n) is 5.27. The molecule has 0 aliphatic carbocycles. The number of nitrogens with one attached hydrogen (secondary N) is 1. The van der Waals surface area contributed by atoms with Gasteiger partial charge in [-0.05, 0) is 43.3 Å². The van der Waals surface area contributed by atoms with Crippen molar-refractivity contribution in [2.75, 3.05) is 19.0 Å². The number of carbonyl (C=O) groups is 2. The maximum Gasteiger partial charge on any atom is 0.339 e. The first-order chi connectivity index (χ1) is 12.5. The number of nitrogens with zero attached hydrogens (tertiary/aromatic N) is 1. The van der Waals surface area contributed by atoms with Crippen molar-refractivity contribution in [2.24, 2.45) is 0 Å². The lowest BCUT2D eigenvalue weighted by Crippen LogP contribution is -2.20. The number of carbonyl (C=O) groups excluding carboxylic acids is 2. The Kier molecular flexibility index (Phi) is 6.57. The van der Waals surface area contributed by atoms with Crippen LogP contribution in [0.1, 0.15) is 17.3 Å². The molecule has 7 nitrogen and oxygen atoms in total. The maximum absolute atomic E-state index is 11.9. The Bertz CT molecular complexity index is 811. The highest BCUT2D eigenvalue weighted by Gasteiger charge is 2.11. The van der Waals surface area contributed by atoms with Crippen LogP contribution in [0.15, 0.2) is 48.5 Å². The van der Waals surface area contributed by atoms with Crippen molar-refractivity contribution in [1.82, 2.24) is 0 Å². The number of hydrogen-bond donors (Lipinski definition) is 1. The average molecular weight is 354 g/mol. The zero-order valence-electron chi connectivity index (χ0n) is 14.4. The van der Waals surface area contributed by atoms with Crippen LogP contribution in [0.3, 0.4) is 0 Å². The quantitative estimate of drug-likeness (QED) is 0.768. The average Bonchev–Trinajstić information content (AvgIpc) is 2.66. The van der Waals surface area contributed by atoms with Crippen LogP contribution in [0.25, 0.3) is 0 Å². The van der Waals surface area contributed by atoms with E-state index in [0.717, 1.165) is 0 Å².